The van der Waals surface area contributed by atoms with Gasteiger partial charge >= 0.3 is 0 Å². The van der Waals surface area contributed by atoms with Gasteiger partial charge in [-0.15, -0.1) is 21.6 Å². The average molecular weight is 253 g/mol. The normalized spacial score (nSPS) is 10.9. The highest BCUT2D eigenvalue weighted by atomic mass is 35.7. The summed E-state index contributed by atoms with van der Waals surface area (Å²) in [4.78, 5) is 0. The minimum atomic E-state index is -4.94. The first-order valence-corrected chi connectivity index (χ1v) is 6.37. The second-order valence-electron chi connectivity index (χ2n) is 2.17. The Morgan fingerprint density at radius 1 is 1.14 bits per heavy atom. The minimum absolute atomic E-state index is 1.36. The van der Waals surface area contributed by atoms with Gasteiger partial charge in [-0.05, 0) is 11.4 Å². The Bertz CT molecular complexity index is 361. The maximum Gasteiger partial charge on any atom is 0.213 e. The van der Waals surface area contributed by atoms with E-state index < -0.39 is 10.2 Å². The minimum Gasteiger partial charge on any atom is -0.222 e. The third-order valence-corrected chi connectivity index (χ3v) is 2.92. The molecule has 7 heteroatoms. The Kier molecular flexibility index (Phi) is 4.14. The zero-order valence-corrected chi connectivity index (χ0v) is 9.10. The van der Waals surface area contributed by atoms with E-state index in [1.807, 2.05) is 0 Å². The Hall–Kier alpha value is -0.340. The Balaban J connectivity index is 0.000000171. The second-order valence-corrected chi connectivity index (χ2v) is 4.66. The van der Waals surface area contributed by atoms with Crippen molar-refractivity contribution in [1.82, 2.24) is 0 Å². The van der Waals surface area contributed by atoms with Gasteiger partial charge in [0.15, 0.2) is 5.38 Å². The van der Waals surface area contributed by atoms with Gasteiger partial charge in [-0.25, -0.2) is 18.6 Å². The van der Waals surface area contributed by atoms with Gasteiger partial charge in [0.25, 0.3) is 0 Å². The molecule has 2 rings (SSSR count). The summed E-state index contributed by atoms with van der Waals surface area (Å²) in [7, 11) is -4.94. The zero-order chi connectivity index (χ0) is 10.6. The lowest BCUT2D eigenvalue weighted by atomic mass is 10.4. The van der Waals surface area contributed by atoms with Crippen LogP contribution in [0.2, 0.25) is 0 Å². The van der Waals surface area contributed by atoms with Crippen LogP contribution in [0.5, 0.6) is 0 Å². The molecule has 0 aliphatic heterocycles. The smallest absolute Gasteiger partial charge is 0.213 e. The highest BCUT2D eigenvalue weighted by molar-refractivity contribution is 7.19. The lowest BCUT2D eigenvalue weighted by Gasteiger charge is -2.17. The summed E-state index contributed by atoms with van der Waals surface area (Å²) in [5, 5.41) is 7.77. The van der Waals surface area contributed by atoms with Crippen molar-refractivity contribution in [3.63, 3.8) is 0 Å². The molecule has 0 spiro atoms. The molecule has 0 radical (unpaired) electrons. The van der Waals surface area contributed by atoms with E-state index in [2.05, 4.69) is 28.3 Å². The van der Waals surface area contributed by atoms with Crippen LogP contribution in [0.4, 0.5) is 0 Å². The predicted octanol–water partition coefficient (Wildman–Crippen LogP) is -1.51. The van der Waals surface area contributed by atoms with E-state index in [4.69, 9.17) is 18.6 Å². The Labute approximate surface area is 90.0 Å². The lowest BCUT2D eigenvalue weighted by Crippen LogP contribution is -2.68. The van der Waals surface area contributed by atoms with Crippen molar-refractivity contribution in [2.24, 2.45) is 0 Å². The first-order valence-electron chi connectivity index (χ1n) is 3.31. The molecule has 0 fully saturated rings. The maximum atomic E-state index is 8.49. The zero-order valence-electron chi connectivity index (χ0n) is 6.71. The molecule has 0 bridgehead atoms. The van der Waals surface area contributed by atoms with Gasteiger partial charge in [-0.3, -0.25) is 0 Å². The molecular weight excluding hydrogens is 248 g/mol. The average Bonchev–Trinajstić information content (AvgIpc) is 2.47. The van der Waals surface area contributed by atoms with E-state index in [-0.39, 0.29) is 0 Å². The molecule has 0 saturated carbocycles. The van der Waals surface area contributed by atoms with Gasteiger partial charge < -0.3 is 0 Å². The predicted molar refractivity (Wildman–Crippen MR) is 44.1 cm³/mol. The summed E-state index contributed by atoms with van der Waals surface area (Å²) in [6.45, 7) is 0. The van der Waals surface area contributed by atoms with Crippen LogP contribution in [0.25, 0.3) is 10.1 Å². The van der Waals surface area contributed by atoms with Crippen LogP contribution in [-0.4, -0.2) is 0 Å². The number of fused-ring (bicyclic) bond motifs is 1. The van der Waals surface area contributed by atoms with E-state index >= 15 is 0 Å². The molecule has 0 unspecified atom stereocenters. The molecule has 14 heavy (non-hydrogen) atoms. The van der Waals surface area contributed by atoms with E-state index in [1.165, 1.54) is 10.1 Å². The largest absolute Gasteiger partial charge is 0.222 e. The first-order chi connectivity index (χ1) is 6.47. The van der Waals surface area contributed by atoms with Gasteiger partial charge in [0.1, 0.15) is 0 Å². The summed E-state index contributed by atoms with van der Waals surface area (Å²) < 4.78 is 35.4. The number of hydrogen-bond acceptors (Lipinski definition) is 5. The Morgan fingerprint density at radius 2 is 1.79 bits per heavy atom. The molecule has 2 aromatic heterocycles. The third-order valence-electron chi connectivity index (χ3n) is 1.23. The van der Waals surface area contributed by atoms with Gasteiger partial charge in [-0.1, -0.05) is 0 Å². The first kappa shape index (κ1) is 11.7. The van der Waals surface area contributed by atoms with Crippen LogP contribution < -0.4 is 18.6 Å². The van der Waals surface area contributed by atoms with Gasteiger partial charge in [0.05, 0.1) is 4.70 Å². The summed E-state index contributed by atoms with van der Waals surface area (Å²) >= 11 is 3.54. The van der Waals surface area contributed by atoms with Crippen molar-refractivity contribution < 1.29 is 28.9 Å². The fourth-order valence-corrected chi connectivity index (χ4v) is 2.36. The number of halogens is 1. The summed E-state index contributed by atoms with van der Waals surface area (Å²) in [6.07, 6.45) is 0. The third kappa shape index (κ3) is 4.77. The molecule has 0 atom stereocenters. The number of thiophene rings is 1. The highest BCUT2D eigenvalue weighted by Crippen LogP contribution is 2.21. The second kappa shape index (κ2) is 4.94. The lowest BCUT2D eigenvalue weighted by molar-refractivity contribution is -2.00. The topological polar surface area (TPSA) is 92.2 Å². The van der Waals surface area contributed by atoms with Crippen molar-refractivity contribution in [1.29, 1.82) is 0 Å². The van der Waals surface area contributed by atoms with Crippen LogP contribution in [0, 0.1) is 10.2 Å². The van der Waals surface area contributed by atoms with Crippen LogP contribution in [0.1, 0.15) is 0 Å². The quantitative estimate of drug-likeness (QED) is 0.533. The van der Waals surface area contributed by atoms with Crippen LogP contribution >= 0.6 is 22.7 Å². The van der Waals surface area contributed by atoms with E-state index in [9.17, 15) is 0 Å². The van der Waals surface area contributed by atoms with Crippen LogP contribution in [0.3, 0.4) is 0 Å². The SMILES string of the molecule is [O-][Cl+3]([O-])([O-])[O-].c1cc2cc[s+]cc2s1. The van der Waals surface area contributed by atoms with Crippen molar-refractivity contribution in [2.75, 3.05) is 0 Å². The molecule has 0 aliphatic rings. The van der Waals surface area contributed by atoms with Crippen molar-refractivity contribution in [3.05, 3.63) is 28.3 Å². The van der Waals surface area contributed by atoms with Gasteiger partial charge in [-0.2, -0.15) is 0 Å². The molecule has 0 aliphatic carbocycles. The van der Waals surface area contributed by atoms with Crippen LogP contribution in [-0.2, 0) is 0 Å². The molecule has 0 amide bonds. The van der Waals surface area contributed by atoms with Crippen molar-refractivity contribution in [2.45, 2.75) is 0 Å². The standard InChI is InChI=1S/C7H5S2.ClHO4/c1-3-8-5-7-6(1)2-4-9-7;2-1(3,4)5/h1-5H;(H,2,3,4,5)/q+1;/p-1. The summed E-state index contributed by atoms with van der Waals surface area (Å²) in [5.74, 6) is 0. The van der Waals surface area contributed by atoms with Gasteiger partial charge in [0, 0.05) is 11.5 Å². The van der Waals surface area contributed by atoms with Crippen molar-refractivity contribution in [3.8, 4) is 0 Å². The number of hydrogen-bond donors (Lipinski definition) is 0. The maximum absolute atomic E-state index is 8.49. The van der Waals surface area contributed by atoms with Gasteiger partial charge in [0.2, 0.25) is 16.7 Å². The van der Waals surface area contributed by atoms with Crippen LogP contribution in [0.15, 0.2) is 28.3 Å². The van der Waals surface area contributed by atoms with E-state index in [1.54, 1.807) is 22.7 Å². The van der Waals surface area contributed by atoms with Crippen molar-refractivity contribution >= 4 is 32.8 Å². The fraction of sp³-hybridized carbons (Fsp3) is 0. The summed E-state index contributed by atoms with van der Waals surface area (Å²) in [5.41, 5.74) is 0. The molecule has 2 aromatic rings. The molecule has 0 N–H and O–H groups in total. The summed E-state index contributed by atoms with van der Waals surface area (Å²) in [6, 6.07) is 4.29. The van der Waals surface area contributed by atoms with E-state index in [0.717, 1.165) is 0 Å². The molecule has 76 valence electrons. The molecule has 2 heterocycles. The molecular formula is C7H5ClO4S2. The fourth-order valence-electron chi connectivity index (χ4n) is 0.778. The monoisotopic (exact) mass is 252 g/mol. The molecule has 4 nitrogen and oxygen atoms in total. The van der Waals surface area contributed by atoms with E-state index in [0.29, 0.717) is 0 Å². The highest BCUT2D eigenvalue weighted by Gasteiger charge is 1.96. The number of rotatable bonds is 0. The molecule has 0 aromatic carbocycles. The Morgan fingerprint density at radius 3 is 2.36 bits per heavy atom. The molecule has 0 saturated heterocycles.